The van der Waals surface area contributed by atoms with Gasteiger partial charge in [-0.2, -0.15) is 0 Å². The molecule has 28 heavy (non-hydrogen) atoms. The molecule has 1 fully saturated rings. The van der Waals surface area contributed by atoms with Crippen molar-refractivity contribution in [2.75, 3.05) is 27.7 Å². The highest BCUT2D eigenvalue weighted by Gasteiger charge is 2.35. The molecular weight excluding hydrogens is 388 g/mol. The molecule has 1 saturated carbocycles. The lowest BCUT2D eigenvalue weighted by Gasteiger charge is -2.38. The number of thiazole rings is 1. The van der Waals surface area contributed by atoms with E-state index in [2.05, 4.69) is 45.1 Å². The zero-order valence-corrected chi connectivity index (χ0v) is 19.0. The first-order valence-electron chi connectivity index (χ1n) is 10.0. The van der Waals surface area contributed by atoms with Gasteiger partial charge in [-0.15, -0.1) is 22.7 Å². The third-order valence-electron chi connectivity index (χ3n) is 5.68. The fourth-order valence-corrected chi connectivity index (χ4v) is 5.78. The molecule has 0 bridgehead atoms. The number of rotatable bonds is 7. The molecule has 2 aromatic heterocycles. The van der Waals surface area contributed by atoms with Gasteiger partial charge >= 0.3 is 0 Å². The second-order valence-corrected chi connectivity index (χ2v) is 9.47. The van der Waals surface area contributed by atoms with E-state index in [1.807, 2.05) is 25.3 Å². The molecule has 0 amide bonds. The van der Waals surface area contributed by atoms with Crippen LogP contribution < -0.4 is 5.32 Å². The van der Waals surface area contributed by atoms with E-state index in [9.17, 15) is 0 Å². The first kappa shape index (κ1) is 21.3. The van der Waals surface area contributed by atoms with Gasteiger partial charge in [0.05, 0.1) is 12.2 Å². The Balaban J connectivity index is 1.63. The Bertz CT molecular complexity index is 750. The predicted molar refractivity (Wildman–Crippen MR) is 119 cm³/mol. The highest BCUT2D eigenvalue weighted by molar-refractivity contribution is 7.10. The van der Waals surface area contributed by atoms with Crippen molar-refractivity contribution in [3.8, 4) is 0 Å². The smallest absolute Gasteiger partial charge is 0.193 e. The Morgan fingerprint density at radius 2 is 2.14 bits per heavy atom. The summed E-state index contributed by atoms with van der Waals surface area (Å²) in [6.45, 7) is 3.70. The molecule has 0 saturated heterocycles. The second kappa shape index (κ2) is 9.85. The minimum Gasteiger partial charge on any atom is -0.375 e. The van der Waals surface area contributed by atoms with Gasteiger partial charge in [0.25, 0.3) is 0 Å². The molecule has 2 aromatic rings. The molecule has 2 heterocycles. The van der Waals surface area contributed by atoms with E-state index < -0.39 is 0 Å². The van der Waals surface area contributed by atoms with Gasteiger partial charge in [0, 0.05) is 43.4 Å². The maximum Gasteiger partial charge on any atom is 0.193 e. The quantitative estimate of drug-likeness (QED) is 0.515. The number of hydrogen-bond acceptors (Lipinski definition) is 5. The van der Waals surface area contributed by atoms with Crippen LogP contribution in [0, 0.1) is 0 Å². The van der Waals surface area contributed by atoms with Crippen LogP contribution >= 0.6 is 22.7 Å². The normalized spacial score (nSPS) is 18.1. The summed E-state index contributed by atoms with van der Waals surface area (Å²) < 4.78 is 5.37. The minimum absolute atomic E-state index is 0.0402. The number of hydrogen-bond donors (Lipinski definition) is 1. The molecule has 1 unspecified atom stereocenters. The zero-order chi connectivity index (χ0) is 20.0. The fourth-order valence-electron chi connectivity index (χ4n) is 3.95. The summed E-state index contributed by atoms with van der Waals surface area (Å²) in [6, 6.07) is 4.48. The number of methoxy groups -OCH3 is 1. The van der Waals surface area contributed by atoms with Crippen molar-refractivity contribution < 1.29 is 4.74 Å². The average molecular weight is 421 g/mol. The molecule has 3 rings (SSSR count). The third-order valence-corrected chi connectivity index (χ3v) is 7.85. The number of nitrogens with zero attached hydrogens (tertiary/aromatic N) is 3. The van der Waals surface area contributed by atoms with Crippen molar-refractivity contribution in [1.29, 1.82) is 0 Å². The van der Waals surface area contributed by atoms with Gasteiger partial charge in [0.1, 0.15) is 11.1 Å². The summed E-state index contributed by atoms with van der Waals surface area (Å²) in [5.41, 5.74) is 1.30. The van der Waals surface area contributed by atoms with Crippen molar-refractivity contribution in [1.82, 2.24) is 15.2 Å². The summed E-state index contributed by atoms with van der Waals surface area (Å²) in [5, 5.41) is 9.00. The number of ether oxygens (including phenoxy) is 1. The summed E-state index contributed by atoms with van der Waals surface area (Å²) in [6.07, 6.45) is 6.53. The van der Waals surface area contributed by atoms with Crippen LogP contribution in [0.2, 0.25) is 0 Å². The van der Waals surface area contributed by atoms with E-state index in [4.69, 9.17) is 9.72 Å². The Kier molecular flexibility index (Phi) is 7.48. The highest BCUT2D eigenvalue weighted by Crippen LogP contribution is 2.41. The standard InChI is InChI=1S/C21H32N4OS2/c1-16(26-4)19-24-17(14-28-19)13-25(3)20(22-2)23-15-21(10-6-5-7-11-21)18-9-8-12-27-18/h8-9,12,14,16H,5-7,10-11,13,15H2,1-4H3,(H,22,23). The van der Waals surface area contributed by atoms with E-state index in [0.29, 0.717) is 0 Å². The van der Waals surface area contributed by atoms with Crippen LogP contribution in [-0.4, -0.2) is 43.6 Å². The lowest BCUT2D eigenvalue weighted by Crippen LogP contribution is -2.46. The lowest BCUT2D eigenvalue weighted by molar-refractivity contribution is 0.119. The van der Waals surface area contributed by atoms with E-state index >= 15 is 0 Å². The Labute approximate surface area is 176 Å². The fraction of sp³-hybridized carbons (Fsp3) is 0.619. The van der Waals surface area contributed by atoms with Crippen LogP contribution in [0.25, 0.3) is 0 Å². The Hall–Kier alpha value is -1.44. The van der Waals surface area contributed by atoms with E-state index in [1.165, 1.54) is 37.0 Å². The van der Waals surface area contributed by atoms with Crippen molar-refractivity contribution in [3.05, 3.63) is 38.5 Å². The molecule has 1 aliphatic rings. The molecular formula is C21H32N4OS2. The predicted octanol–water partition coefficient (Wildman–Crippen LogP) is 4.82. The van der Waals surface area contributed by atoms with Crippen LogP contribution in [0.4, 0.5) is 0 Å². The first-order chi connectivity index (χ1) is 13.6. The van der Waals surface area contributed by atoms with Crippen LogP contribution in [0.1, 0.15) is 60.7 Å². The van der Waals surface area contributed by atoms with Crippen LogP contribution in [-0.2, 0) is 16.7 Å². The molecule has 0 radical (unpaired) electrons. The van der Waals surface area contributed by atoms with Crippen LogP contribution in [0.15, 0.2) is 27.9 Å². The molecule has 1 aliphatic carbocycles. The van der Waals surface area contributed by atoms with Gasteiger partial charge in [0.2, 0.25) is 0 Å². The maximum atomic E-state index is 5.37. The number of guanidine groups is 1. The van der Waals surface area contributed by atoms with Crippen molar-refractivity contribution >= 4 is 28.6 Å². The molecule has 7 heteroatoms. The van der Waals surface area contributed by atoms with Crippen molar-refractivity contribution in [2.24, 2.45) is 4.99 Å². The maximum absolute atomic E-state index is 5.37. The molecule has 1 N–H and O–H groups in total. The van der Waals surface area contributed by atoms with Gasteiger partial charge in [-0.25, -0.2) is 4.98 Å². The van der Waals surface area contributed by atoms with Crippen LogP contribution in [0.3, 0.4) is 0 Å². The van der Waals surface area contributed by atoms with Gasteiger partial charge in [-0.05, 0) is 31.2 Å². The third kappa shape index (κ3) is 4.93. The van der Waals surface area contributed by atoms with E-state index in [0.717, 1.165) is 29.8 Å². The average Bonchev–Trinajstić information content (AvgIpc) is 3.41. The molecule has 154 valence electrons. The van der Waals surface area contributed by atoms with Crippen molar-refractivity contribution in [2.45, 2.75) is 57.1 Å². The molecule has 0 aliphatic heterocycles. The van der Waals surface area contributed by atoms with E-state index in [1.54, 1.807) is 18.4 Å². The van der Waals surface area contributed by atoms with Crippen molar-refractivity contribution in [3.63, 3.8) is 0 Å². The number of thiophene rings is 1. The van der Waals surface area contributed by atoms with Gasteiger partial charge in [-0.1, -0.05) is 25.3 Å². The van der Waals surface area contributed by atoms with Gasteiger partial charge in [0.15, 0.2) is 5.96 Å². The molecule has 5 nitrogen and oxygen atoms in total. The zero-order valence-electron chi connectivity index (χ0n) is 17.4. The Morgan fingerprint density at radius 3 is 2.79 bits per heavy atom. The molecule has 0 spiro atoms. The lowest BCUT2D eigenvalue weighted by atomic mass is 9.73. The second-order valence-electron chi connectivity index (χ2n) is 7.63. The summed E-state index contributed by atoms with van der Waals surface area (Å²) in [7, 11) is 5.65. The molecule has 0 aromatic carbocycles. The van der Waals surface area contributed by atoms with Gasteiger partial charge in [-0.3, -0.25) is 4.99 Å². The monoisotopic (exact) mass is 420 g/mol. The Morgan fingerprint density at radius 1 is 1.36 bits per heavy atom. The van der Waals surface area contributed by atoms with E-state index in [-0.39, 0.29) is 11.5 Å². The summed E-state index contributed by atoms with van der Waals surface area (Å²) >= 11 is 3.55. The SMILES string of the molecule is CN=C(NCC1(c2cccs2)CCCCC1)N(C)Cc1csc(C(C)OC)n1. The first-order valence-corrected chi connectivity index (χ1v) is 11.8. The summed E-state index contributed by atoms with van der Waals surface area (Å²) in [5.74, 6) is 0.927. The number of nitrogens with one attached hydrogen (secondary N) is 1. The summed E-state index contributed by atoms with van der Waals surface area (Å²) in [4.78, 5) is 12.9. The van der Waals surface area contributed by atoms with Crippen LogP contribution in [0.5, 0.6) is 0 Å². The molecule has 1 atom stereocenters. The number of aliphatic imine (C=N–C) groups is 1. The topological polar surface area (TPSA) is 49.8 Å². The number of aromatic nitrogens is 1. The highest BCUT2D eigenvalue weighted by atomic mass is 32.1. The minimum atomic E-state index is 0.0402. The largest absolute Gasteiger partial charge is 0.375 e. The van der Waals surface area contributed by atoms with Gasteiger partial charge < -0.3 is 15.0 Å².